The number of piperidine rings is 1. The number of likely N-dealkylation sites (tertiary alicyclic amines) is 1. The number of halogens is 1. The summed E-state index contributed by atoms with van der Waals surface area (Å²) in [7, 11) is 0. The first-order valence-corrected chi connectivity index (χ1v) is 8.26. The molecule has 6 nitrogen and oxygen atoms in total. The molecule has 1 amide bonds. The Morgan fingerprint density at radius 3 is 2.88 bits per heavy atom. The van der Waals surface area contributed by atoms with Gasteiger partial charge in [0.25, 0.3) is 5.91 Å². The molecule has 2 aromatic rings. The van der Waals surface area contributed by atoms with Crippen molar-refractivity contribution in [3.05, 3.63) is 40.8 Å². The van der Waals surface area contributed by atoms with E-state index in [0.29, 0.717) is 11.3 Å². The normalized spacial score (nSPS) is 18.5. The summed E-state index contributed by atoms with van der Waals surface area (Å²) in [6, 6.07) is 8.27. The second-order valence-corrected chi connectivity index (χ2v) is 6.25. The van der Waals surface area contributed by atoms with Crippen LogP contribution in [0.25, 0.3) is 11.0 Å². The van der Waals surface area contributed by atoms with E-state index in [1.807, 2.05) is 11.8 Å². The summed E-state index contributed by atoms with van der Waals surface area (Å²) in [5.41, 5.74) is 6.03. The maximum Gasteiger partial charge on any atom is 0.336 e. The van der Waals surface area contributed by atoms with E-state index in [2.05, 4.69) is 0 Å². The summed E-state index contributed by atoms with van der Waals surface area (Å²) >= 11 is 0. The Kier molecular flexibility index (Phi) is 6.45. The van der Waals surface area contributed by atoms with Gasteiger partial charge in [-0.25, -0.2) is 4.79 Å². The van der Waals surface area contributed by atoms with Gasteiger partial charge in [-0.05, 0) is 44.4 Å². The minimum atomic E-state index is -0.413. The molecule has 2 unspecified atom stereocenters. The number of carbonyl (C=O) groups excluding carboxylic acids is 1. The van der Waals surface area contributed by atoms with Crippen LogP contribution in [0.5, 0.6) is 5.75 Å². The molecule has 1 aliphatic rings. The highest BCUT2D eigenvalue weighted by Crippen LogP contribution is 2.21. The highest BCUT2D eigenvalue weighted by molar-refractivity contribution is 5.85. The molecular weight excluding hydrogens is 344 g/mol. The van der Waals surface area contributed by atoms with Crippen LogP contribution >= 0.6 is 12.4 Å². The molecule has 0 aliphatic carbocycles. The maximum atomic E-state index is 12.5. The van der Waals surface area contributed by atoms with Crippen molar-refractivity contribution in [2.75, 3.05) is 13.2 Å². The first-order chi connectivity index (χ1) is 11.5. The predicted molar refractivity (Wildman–Crippen MR) is 98.2 cm³/mol. The Balaban J connectivity index is 0.00000225. The number of fused-ring (bicyclic) bond motifs is 1. The van der Waals surface area contributed by atoms with Crippen LogP contribution in [0, 0.1) is 0 Å². The smallest absolute Gasteiger partial charge is 0.336 e. The molecule has 0 saturated carbocycles. The zero-order chi connectivity index (χ0) is 17.1. The van der Waals surface area contributed by atoms with Crippen molar-refractivity contribution in [1.82, 2.24) is 4.90 Å². The molecular formula is C18H23ClN2O4. The lowest BCUT2D eigenvalue weighted by Gasteiger charge is -2.38. The average molecular weight is 367 g/mol. The van der Waals surface area contributed by atoms with Crippen molar-refractivity contribution in [3.63, 3.8) is 0 Å². The molecule has 1 saturated heterocycles. The highest BCUT2D eigenvalue weighted by Gasteiger charge is 2.29. The van der Waals surface area contributed by atoms with Gasteiger partial charge in [-0.2, -0.15) is 0 Å². The second-order valence-electron chi connectivity index (χ2n) is 6.25. The van der Waals surface area contributed by atoms with E-state index >= 15 is 0 Å². The van der Waals surface area contributed by atoms with Gasteiger partial charge in [-0.3, -0.25) is 4.79 Å². The van der Waals surface area contributed by atoms with Crippen LogP contribution in [0.3, 0.4) is 0 Å². The molecule has 1 aliphatic heterocycles. The Bertz CT molecular complexity index is 790. The largest absolute Gasteiger partial charge is 0.484 e. The van der Waals surface area contributed by atoms with Crippen LogP contribution in [0.15, 0.2) is 39.5 Å². The lowest BCUT2D eigenvalue weighted by Crippen LogP contribution is -2.52. The van der Waals surface area contributed by atoms with E-state index in [1.54, 1.807) is 24.3 Å². The number of hydrogen-bond donors (Lipinski definition) is 1. The Morgan fingerprint density at radius 1 is 1.36 bits per heavy atom. The number of benzene rings is 1. The van der Waals surface area contributed by atoms with Crippen LogP contribution in [-0.4, -0.2) is 36.0 Å². The lowest BCUT2D eigenvalue weighted by atomic mass is 9.97. The van der Waals surface area contributed by atoms with Crippen molar-refractivity contribution >= 4 is 29.3 Å². The molecule has 136 valence electrons. The molecule has 0 radical (unpaired) electrons. The maximum absolute atomic E-state index is 12.5. The van der Waals surface area contributed by atoms with E-state index in [4.69, 9.17) is 14.9 Å². The summed E-state index contributed by atoms with van der Waals surface area (Å²) in [5.74, 6) is 0.436. The van der Waals surface area contributed by atoms with Gasteiger partial charge >= 0.3 is 5.63 Å². The molecule has 1 aromatic carbocycles. The summed E-state index contributed by atoms with van der Waals surface area (Å²) in [6.07, 6.45) is 3.03. The predicted octanol–water partition coefficient (Wildman–Crippen LogP) is 2.32. The first kappa shape index (κ1) is 19.3. The van der Waals surface area contributed by atoms with Gasteiger partial charge in [0.05, 0.1) is 0 Å². The fourth-order valence-corrected chi connectivity index (χ4v) is 3.17. The van der Waals surface area contributed by atoms with Crippen LogP contribution in [0.4, 0.5) is 0 Å². The van der Waals surface area contributed by atoms with Crippen molar-refractivity contribution in [2.24, 2.45) is 5.73 Å². The molecule has 7 heteroatoms. The summed E-state index contributed by atoms with van der Waals surface area (Å²) in [5, 5.41) is 0.807. The minimum absolute atomic E-state index is 0. The van der Waals surface area contributed by atoms with Gasteiger partial charge in [0.2, 0.25) is 0 Å². The monoisotopic (exact) mass is 366 g/mol. The molecule has 2 N–H and O–H groups in total. The number of amides is 1. The van der Waals surface area contributed by atoms with Crippen molar-refractivity contribution in [1.29, 1.82) is 0 Å². The van der Waals surface area contributed by atoms with Crippen molar-refractivity contribution in [2.45, 2.75) is 38.3 Å². The topological polar surface area (TPSA) is 85.8 Å². The number of carbonyl (C=O) groups is 1. The van der Waals surface area contributed by atoms with Gasteiger partial charge in [0, 0.05) is 36.1 Å². The third kappa shape index (κ3) is 4.52. The Labute approximate surface area is 152 Å². The van der Waals surface area contributed by atoms with Crippen molar-refractivity contribution in [3.8, 4) is 5.75 Å². The summed E-state index contributed by atoms with van der Waals surface area (Å²) in [4.78, 5) is 25.6. The fraction of sp³-hybridized carbons (Fsp3) is 0.444. The third-order valence-electron chi connectivity index (χ3n) is 4.43. The van der Waals surface area contributed by atoms with E-state index in [-0.39, 0.29) is 37.0 Å². The minimum Gasteiger partial charge on any atom is -0.484 e. The quantitative estimate of drug-likeness (QED) is 0.839. The standard InChI is InChI=1S/C18H22N2O4.ClH/c1-12(19)15-4-2-3-9-20(15)17(21)11-23-14-7-5-13-6-8-18(22)24-16(13)10-14;/h5-8,10,12,15H,2-4,9,11,19H2,1H3;1H. The molecule has 1 fully saturated rings. The van der Waals surface area contributed by atoms with Crippen LogP contribution in [-0.2, 0) is 4.79 Å². The van der Waals surface area contributed by atoms with Gasteiger partial charge in [-0.15, -0.1) is 12.4 Å². The van der Waals surface area contributed by atoms with Crippen LogP contribution in [0.1, 0.15) is 26.2 Å². The highest BCUT2D eigenvalue weighted by atomic mass is 35.5. The number of rotatable bonds is 4. The van der Waals surface area contributed by atoms with E-state index < -0.39 is 5.63 Å². The van der Waals surface area contributed by atoms with Gasteiger partial charge in [0.15, 0.2) is 6.61 Å². The van der Waals surface area contributed by atoms with Crippen LogP contribution in [0.2, 0.25) is 0 Å². The summed E-state index contributed by atoms with van der Waals surface area (Å²) < 4.78 is 10.7. The lowest BCUT2D eigenvalue weighted by molar-refractivity contribution is -0.137. The SMILES string of the molecule is CC(N)C1CCCCN1C(=O)COc1ccc2ccc(=O)oc2c1.Cl. The molecule has 25 heavy (non-hydrogen) atoms. The summed E-state index contributed by atoms with van der Waals surface area (Å²) in [6.45, 7) is 2.61. The van der Waals surface area contributed by atoms with Gasteiger partial charge in [-0.1, -0.05) is 0 Å². The average Bonchev–Trinajstić information content (AvgIpc) is 2.59. The van der Waals surface area contributed by atoms with E-state index in [1.165, 1.54) is 6.07 Å². The molecule has 2 heterocycles. The first-order valence-electron chi connectivity index (χ1n) is 8.26. The molecule has 1 aromatic heterocycles. The third-order valence-corrected chi connectivity index (χ3v) is 4.43. The Morgan fingerprint density at radius 2 is 2.12 bits per heavy atom. The van der Waals surface area contributed by atoms with E-state index in [0.717, 1.165) is 31.2 Å². The van der Waals surface area contributed by atoms with Crippen LogP contribution < -0.4 is 16.1 Å². The van der Waals surface area contributed by atoms with Gasteiger partial charge in [0.1, 0.15) is 11.3 Å². The molecule has 2 atom stereocenters. The molecule has 0 bridgehead atoms. The van der Waals surface area contributed by atoms with Crippen molar-refractivity contribution < 1.29 is 13.9 Å². The number of hydrogen-bond acceptors (Lipinski definition) is 5. The number of nitrogens with zero attached hydrogens (tertiary/aromatic N) is 1. The number of nitrogens with two attached hydrogens (primary N) is 1. The Hall–Kier alpha value is -2.05. The molecule has 0 spiro atoms. The van der Waals surface area contributed by atoms with E-state index in [9.17, 15) is 9.59 Å². The second kappa shape index (κ2) is 8.36. The zero-order valence-electron chi connectivity index (χ0n) is 14.1. The van der Waals surface area contributed by atoms with Gasteiger partial charge < -0.3 is 19.8 Å². The molecule has 3 rings (SSSR count). The number of ether oxygens (including phenoxy) is 1. The fourth-order valence-electron chi connectivity index (χ4n) is 3.17. The zero-order valence-corrected chi connectivity index (χ0v) is 15.0.